The van der Waals surface area contributed by atoms with Crippen LogP contribution in [0.5, 0.6) is 0 Å². The molecule has 240 valence electrons. The Morgan fingerprint density at radius 2 is 1.02 bits per heavy atom. The summed E-state index contributed by atoms with van der Waals surface area (Å²) in [6.45, 7) is 3.94. The van der Waals surface area contributed by atoms with Gasteiger partial charge in [0.05, 0.1) is 6.61 Å². The summed E-state index contributed by atoms with van der Waals surface area (Å²) in [4.78, 5) is 24.1. The molecule has 0 unspecified atom stereocenters. The summed E-state index contributed by atoms with van der Waals surface area (Å²) in [5.74, 6) is -0.665. The van der Waals surface area contributed by atoms with Crippen LogP contribution in [0.25, 0.3) is 0 Å². The van der Waals surface area contributed by atoms with Crippen LogP contribution in [-0.2, 0) is 19.1 Å². The lowest BCUT2D eigenvalue weighted by Gasteiger charge is -2.15. The van der Waals surface area contributed by atoms with E-state index in [1.54, 1.807) is 0 Å². The molecule has 0 radical (unpaired) electrons. The number of hydrogen-bond acceptors (Lipinski definition) is 5. The summed E-state index contributed by atoms with van der Waals surface area (Å²) in [5.41, 5.74) is 0. The summed E-state index contributed by atoms with van der Waals surface area (Å²) in [6, 6.07) is 0. The Labute approximate surface area is 258 Å². The number of aliphatic hydroxyl groups is 1. The second kappa shape index (κ2) is 33.1. The topological polar surface area (TPSA) is 72.8 Å². The van der Waals surface area contributed by atoms with Crippen LogP contribution < -0.4 is 0 Å². The molecule has 0 aromatic heterocycles. The van der Waals surface area contributed by atoms with Gasteiger partial charge in [0.1, 0.15) is 6.61 Å². The van der Waals surface area contributed by atoms with Crippen molar-refractivity contribution < 1.29 is 24.2 Å². The molecule has 0 spiro atoms. The number of hydrogen-bond donors (Lipinski definition) is 1. The fourth-order valence-electron chi connectivity index (χ4n) is 4.29. The summed E-state index contributed by atoms with van der Waals surface area (Å²) in [7, 11) is 0. The third kappa shape index (κ3) is 30.6. The molecule has 5 nitrogen and oxygen atoms in total. The van der Waals surface area contributed by atoms with Crippen LogP contribution in [-0.4, -0.2) is 36.4 Å². The standard InChI is InChI=1S/C37H62O5/c1-3-5-7-9-11-13-15-16-17-18-19-20-22-24-26-28-30-32-37(40)42-35(33-38)34-41-36(39)31-29-27-25-23-21-14-12-10-8-6-4-2/h5,7,11,13,16-17,19-20,24,26,35,38H,3-4,6,8-10,12,14-15,18,21-23,25,27-34H2,1-2H3/b7-5-,13-11-,17-16-,20-19-,26-24-/t35-/m0/s1. The van der Waals surface area contributed by atoms with Gasteiger partial charge >= 0.3 is 11.9 Å². The molecule has 1 atom stereocenters. The maximum absolute atomic E-state index is 12.1. The number of carbonyl (C=O) groups excluding carboxylic acids is 2. The minimum Gasteiger partial charge on any atom is -0.462 e. The van der Waals surface area contributed by atoms with Gasteiger partial charge in [0.25, 0.3) is 0 Å². The fourth-order valence-corrected chi connectivity index (χ4v) is 4.29. The van der Waals surface area contributed by atoms with Crippen LogP contribution in [0.3, 0.4) is 0 Å². The van der Waals surface area contributed by atoms with Crippen molar-refractivity contribution >= 4 is 11.9 Å². The number of aliphatic hydroxyl groups excluding tert-OH is 1. The average Bonchev–Trinajstić information content (AvgIpc) is 2.99. The van der Waals surface area contributed by atoms with E-state index in [0.717, 1.165) is 57.8 Å². The average molecular weight is 587 g/mol. The van der Waals surface area contributed by atoms with Crippen LogP contribution in [0.15, 0.2) is 60.8 Å². The van der Waals surface area contributed by atoms with E-state index in [4.69, 9.17) is 9.47 Å². The first-order valence-corrected chi connectivity index (χ1v) is 16.8. The largest absolute Gasteiger partial charge is 0.462 e. The first-order valence-electron chi connectivity index (χ1n) is 16.8. The Bertz CT molecular complexity index is 762. The molecule has 5 heteroatoms. The Hall–Kier alpha value is -2.40. The lowest BCUT2D eigenvalue weighted by atomic mass is 10.1. The van der Waals surface area contributed by atoms with Gasteiger partial charge in [0, 0.05) is 12.8 Å². The van der Waals surface area contributed by atoms with E-state index in [2.05, 4.69) is 74.6 Å². The van der Waals surface area contributed by atoms with E-state index in [0.29, 0.717) is 12.8 Å². The van der Waals surface area contributed by atoms with E-state index < -0.39 is 6.10 Å². The third-order valence-corrected chi connectivity index (χ3v) is 6.83. The van der Waals surface area contributed by atoms with Gasteiger partial charge in [-0.3, -0.25) is 9.59 Å². The molecule has 0 aliphatic heterocycles. The number of carbonyl (C=O) groups is 2. The minimum absolute atomic E-state index is 0.0894. The Morgan fingerprint density at radius 1 is 0.571 bits per heavy atom. The number of allylic oxidation sites excluding steroid dienone is 10. The minimum atomic E-state index is -0.799. The number of rotatable bonds is 29. The molecule has 0 aliphatic carbocycles. The predicted octanol–water partition coefficient (Wildman–Crippen LogP) is 10.1. The highest BCUT2D eigenvalue weighted by atomic mass is 16.6. The van der Waals surface area contributed by atoms with Crippen LogP contribution in [0.1, 0.15) is 142 Å². The Kier molecular flexibility index (Phi) is 31.2. The van der Waals surface area contributed by atoms with Crippen LogP contribution in [0, 0.1) is 0 Å². The Balaban J connectivity index is 3.73. The SMILES string of the molecule is CC/C=C\C/C=C\C/C=C\C/C=C\C/C=C\CCCC(=O)O[C@@H](CO)COC(=O)CCCCCCCCCCCCC. The normalized spacial score (nSPS) is 12.9. The smallest absolute Gasteiger partial charge is 0.306 e. The molecule has 0 heterocycles. The van der Waals surface area contributed by atoms with Crippen molar-refractivity contribution in [3.8, 4) is 0 Å². The molecule has 0 amide bonds. The van der Waals surface area contributed by atoms with Crippen molar-refractivity contribution in [1.82, 2.24) is 0 Å². The van der Waals surface area contributed by atoms with Crippen LogP contribution in [0.4, 0.5) is 0 Å². The second-order valence-electron chi connectivity index (χ2n) is 10.9. The molecular formula is C37H62O5. The van der Waals surface area contributed by atoms with E-state index in [-0.39, 0.29) is 31.6 Å². The van der Waals surface area contributed by atoms with Gasteiger partial charge in [-0.05, 0) is 51.4 Å². The highest BCUT2D eigenvalue weighted by Gasteiger charge is 2.15. The highest BCUT2D eigenvalue weighted by molar-refractivity contribution is 5.70. The van der Waals surface area contributed by atoms with E-state index >= 15 is 0 Å². The molecule has 0 aliphatic rings. The van der Waals surface area contributed by atoms with E-state index in [1.807, 2.05) is 0 Å². The van der Waals surface area contributed by atoms with Crippen molar-refractivity contribution in [3.63, 3.8) is 0 Å². The van der Waals surface area contributed by atoms with Crippen molar-refractivity contribution in [2.75, 3.05) is 13.2 Å². The molecule has 0 aromatic carbocycles. The third-order valence-electron chi connectivity index (χ3n) is 6.83. The van der Waals surface area contributed by atoms with E-state index in [1.165, 1.54) is 51.4 Å². The van der Waals surface area contributed by atoms with Crippen molar-refractivity contribution in [2.45, 2.75) is 148 Å². The Morgan fingerprint density at radius 3 is 1.52 bits per heavy atom. The zero-order chi connectivity index (χ0) is 30.8. The first-order chi connectivity index (χ1) is 20.6. The fraction of sp³-hybridized carbons (Fsp3) is 0.676. The van der Waals surface area contributed by atoms with E-state index in [9.17, 15) is 14.7 Å². The van der Waals surface area contributed by atoms with Crippen molar-refractivity contribution in [1.29, 1.82) is 0 Å². The second-order valence-corrected chi connectivity index (χ2v) is 10.9. The predicted molar refractivity (Wildman–Crippen MR) is 177 cm³/mol. The van der Waals surface area contributed by atoms with Gasteiger partial charge < -0.3 is 14.6 Å². The monoisotopic (exact) mass is 586 g/mol. The van der Waals surface area contributed by atoms with Crippen molar-refractivity contribution in [3.05, 3.63) is 60.8 Å². The molecule has 0 aromatic rings. The van der Waals surface area contributed by atoms with Gasteiger partial charge in [0.2, 0.25) is 0 Å². The highest BCUT2D eigenvalue weighted by Crippen LogP contribution is 2.12. The van der Waals surface area contributed by atoms with Crippen molar-refractivity contribution in [2.24, 2.45) is 0 Å². The van der Waals surface area contributed by atoms with Gasteiger partial charge in [-0.2, -0.15) is 0 Å². The van der Waals surface area contributed by atoms with Gasteiger partial charge in [-0.15, -0.1) is 0 Å². The summed E-state index contributed by atoms with van der Waals surface area (Å²) >= 11 is 0. The summed E-state index contributed by atoms with van der Waals surface area (Å²) in [5, 5.41) is 9.49. The molecule has 1 N–H and O–H groups in total. The molecule has 0 fully saturated rings. The first kappa shape index (κ1) is 39.6. The van der Waals surface area contributed by atoms with Crippen LogP contribution >= 0.6 is 0 Å². The molecule has 0 rings (SSSR count). The molecule has 0 saturated carbocycles. The van der Waals surface area contributed by atoms with Gasteiger partial charge in [-0.25, -0.2) is 0 Å². The van der Waals surface area contributed by atoms with Gasteiger partial charge in [0.15, 0.2) is 6.10 Å². The molecule has 0 saturated heterocycles. The van der Waals surface area contributed by atoms with Crippen LogP contribution in [0.2, 0.25) is 0 Å². The number of esters is 2. The quantitative estimate of drug-likeness (QED) is 0.0536. The summed E-state index contributed by atoms with van der Waals surface area (Å²) in [6.07, 6.45) is 41.3. The maximum Gasteiger partial charge on any atom is 0.306 e. The zero-order valence-electron chi connectivity index (χ0n) is 27.0. The zero-order valence-corrected chi connectivity index (χ0v) is 27.0. The maximum atomic E-state index is 12.1. The lowest BCUT2D eigenvalue weighted by Crippen LogP contribution is -2.28. The van der Waals surface area contributed by atoms with Gasteiger partial charge in [-0.1, -0.05) is 139 Å². The molecular weight excluding hydrogens is 524 g/mol. The molecule has 42 heavy (non-hydrogen) atoms. The number of unbranched alkanes of at least 4 members (excludes halogenated alkanes) is 11. The molecule has 0 bridgehead atoms. The lowest BCUT2D eigenvalue weighted by molar-refractivity contribution is -0.161. The number of ether oxygens (including phenoxy) is 2. The summed E-state index contributed by atoms with van der Waals surface area (Å²) < 4.78 is 10.5.